The van der Waals surface area contributed by atoms with Crippen molar-refractivity contribution >= 4 is 15.7 Å². The Morgan fingerprint density at radius 1 is 1.35 bits per heavy atom. The molecule has 0 unspecified atom stereocenters. The highest BCUT2D eigenvalue weighted by Crippen LogP contribution is 2.28. The van der Waals surface area contributed by atoms with Crippen molar-refractivity contribution in [2.75, 3.05) is 18.8 Å². The number of amides is 1. The normalized spacial score (nSPS) is 16.0. The number of sulfone groups is 1. The summed E-state index contributed by atoms with van der Waals surface area (Å²) in [6.07, 6.45) is 1.25. The molecule has 1 amide bonds. The third kappa shape index (κ3) is 3.62. The lowest BCUT2D eigenvalue weighted by molar-refractivity contribution is 0.0699. The lowest BCUT2D eigenvalue weighted by Gasteiger charge is -2.30. The molecular formula is C17H20FN3O4S. The fourth-order valence-corrected chi connectivity index (χ4v) is 3.91. The quantitative estimate of drug-likeness (QED) is 0.755. The Morgan fingerprint density at radius 2 is 2.04 bits per heavy atom. The summed E-state index contributed by atoms with van der Waals surface area (Å²) >= 11 is 0. The minimum absolute atomic E-state index is 0.0408. The minimum Gasteiger partial charge on any atom is -0.339 e. The van der Waals surface area contributed by atoms with Gasteiger partial charge in [0.25, 0.3) is 5.91 Å². The van der Waals surface area contributed by atoms with Crippen LogP contribution in [0.3, 0.4) is 0 Å². The van der Waals surface area contributed by atoms with Crippen LogP contribution >= 0.6 is 0 Å². The van der Waals surface area contributed by atoms with Crippen LogP contribution in [0.1, 0.15) is 47.8 Å². The second-order valence-electron chi connectivity index (χ2n) is 6.29. The molecule has 1 aliphatic rings. The third-order valence-electron chi connectivity index (χ3n) is 4.58. The molecule has 3 rings (SSSR count). The Morgan fingerprint density at radius 3 is 2.62 bits per heavy atom. The van der Waals surface area contributed by atoms with E-state index >= 15 is 0 Å². The van der Waals surface area contributed by atoms with Gasteiger partial charge in [-0.1, -0.05) is 12.1 Å². The molecule has 0 bridgehead atoms. The zero-order valence-corrected chi connectivity index (χ0v) is 15.4. The number of benzene rings is 1. The second-order valence-corrected chi connectivity index (χ2v) is 8.57. The maximum Gasteiger partial charge on any atom is 0.256 e. The van der Waals surface area contributed by atoms with Crippen LogP contribution in [0, 0.1) is 12.7 Å². The van der Waals surface area contributed by atoms with Gasteiger partial charge in [0.2, 0.25) is 5.89 Å². The molecule has 9 heteroatoms. The van der Waals surface area contributed by atoms with E-state index in [-0.39, 0.29) is 22.1 Å². The lowest BCUT2D eigenvalue weighted by atomic mass is 9.96. The Balaban J connectivity index is 1.75. The molecule has 0 atom stereocenters. The van der Waals surface area contributed by atoms with Crippen molar-refractivity contribution in [2.24, 2.45) is 0 Å². The highest BCUT2D eigenvalue weighted by molar-refractivity contribution is 7.91. The van der Waals surface area contributed by atoms with E-state index in [1.54, 1.807) is 6.92 Å². The van der Waals surface area contributed by atoms with E-state index in [1.807, 2.05) is 0 Å². The fraction of sp³-hybridized carbons (Fsp3) is 0.471. The monoisotopic (exact) mass is 381 g/mol. The summed E-state index contributed by atoms with van der Waals surface area (Å²) in [4.78, 5) is 18.4. The Labute approximate surface area is 151 Å². The van der Waals surface area contributed by atoms with Crippen LogP contribution in [0.5, 0.6) is 0 Å². The minimum atomic E-state index is -3.51. The number of aromatic nitrogens is 2. The molecule has 2 heterocycles. The molecule has 1 saturated heterocycles. The predicted molar refractivity (Wildman–Crippen MR) is 91.0 cm³/mol. The zero-order chi connectivity index (χ0) is 18.9. The first kappa shape index (κ1) is 18.5. The van der Waals surface area contributed by atoms with Crippen LogP contribution < -0.4 is 0 Å². The molecule has 2 aromatic rings. The van der Waals surface area contributed by atoms with Gasteiger partial charge in [0.05, 0.1) is 16.2 Å². The van der Waals surface area contributed by atoms with E-state index in [4.69, 9.17) is 4.52 Å². The predicted octanol–water partition coefficient (Wildman–Crippen LogP) is 2.33. The van der Waals surface area contributed by atoms with Gasteiger partial charge in [-0.2, -0.15) is 4.98 Å². The molecule has 0 radical (unpaired) electrons. The van der Waals surface area contributed by atoms with Crippen molar-refractivity contribution in [3.05, 3.63) is 41.3 Å². The number of piperidine rings is 1. The number of likely N-dealkylation sites (tertiary alicyclic amines) is 1. The van der Waals surface area contributed by atoms with Crippen LogP contribution in [0.15, 0.2) is 27.6 Å². The average Bonchev–Trinajstić information content (AvgIpc) is 3.08. The summed E-state index contributed by atoms with van der Waals surface area (Å²) in [6, 6.07) is 3.35. The number of hydrogen-bond acceptors (Lipinski definition) is 6. The van der Waals surface area contributed by atoms with Gasteiger partial charge in [-0.15, -0.1) is 0 Å². The first-order valence-corrected chi connectivity index (χ1v) is 10.1. The van der Waals surface area contributed by atoms with E-state index in [9.17, 15) is 17.6 Å². The summed E-state index contributed by atoms with van der Waals surface area (Å²) in [6.45, 7) is 4.07. The van der Waals surface area contributed by atoms with Crippen molar-refractivity contribution < 1.29 is 22.1 Å². The summed E-state index contributed by atoms with van der Waals surface area (Å²) in [5.74, 6) is -0.153. The molecule has 7 nitrogen and oxygen atoms in total. The summed E-state index contributed by atoms with van der Waals surface area (Å²) in [5.41, 5.74) is -0.216. The van der Waals surface area contributed by atoms with Crippen molar-refractivity contribution in [3.63, 3.8) is 0 Å². The molecule has 26 heavy (non-hydrogen) atoms. The maximum atomic E-state index is 14.1. The zero-order valence-electron chi connectivity index (χ0n) is 14.6. The molecule has 1 aromatic carbocycles. The number of aryl methyl sites for hydroxylation is 1. The fourth-order valence-electron chi connectivity index (χ4n) is 3.01. The van der Waals surface area contributed by atoms with Crippen molar-refractivity contribution in [1.29, 1.82) is 0 Å². The molecule has 0 aliphatic carbocycles. The third-order valence-corrected chi connectivity index (χ3v) is 6.31. The molecule has 0 N–H and O–H groups in total. The van der Waals surface area contributed by atoms with E-state index in [0.29, 0.717) is 37.6 Å². The number of halogens is 1. The van der Waals surface area contributed by atoms with Gasteiger partial charge in [-0.3, -0.25) is 4.79 Å². The van der Waals surface area contributed by atoms with Gasteiger partial charge in [-0.25, -0.2) is 12.8 Å². The highest BCUT2D eigenvalue weighted by atomic mass is 32.2. The van der Waals surface area contributed by atoms with Crippen LogP contribution in [-0.4, -0.2) is 48.2 Å². The number of hydrogen-bond donors (Lipinski definition) is 0. The van der Waals surface area contributed by atoms with Gasteiger partial charge in [-0.05, 0) is 38.0 Å². The molecule has 0 saturated carbocycles. The molecule has 1 aliphatic heterocycles. The summed E-state index contributed by atoms with van der Waals surface area (Å²) < 4.78 is 43.3. The van der Waals surface area contributed by atoms with Crippen LogP contribution in [0.4, 0.5) is 4.39 Å². The van der Waals surface area contributed by atoms with E-state index < -0.39 is 21.6 Å². The van der Waals surface area contributed by atoms with E-state index in [1.165, 1.54) is 17.9 Å². The summed E-state index contributed by atoms with van der Waals surface area (Å²) in [7, 11) is -3.51. The first-order valence-electron chi connectivity index (χ1n) is 8.43. The molecule has 1 fully saturated rings. The van der Waals surface area contributed by atoms with Gasteiger partial charge in [0.15, 0.2) is 15.7 Å². The van der Waals surface area contributed by atoms with Gasteiger partial charge >= 0.3 is 0 Å². The highest BCUT2D eigenvalue weighted by Gasteiger charge is 2.29. The topological polar surface area (TPSA) is 93.4 Å². The van der Waals surface area contributed by atoms with Crippen LogP contribution in [0.2, 0.25) is 0 Å². The van der Waals surface area contributed by atoms with Crippen molar-refractivity contribution in [2.45, 2.75) is 37.5 Å². The Bertz CT molecular complexity index is 918. The molecule has 1 aromatic heterocycles. The summed E-state index contributed by atoms with van der Waals surface area (Å²) in [5, 5.41) is 3.77. The Hall–Kier alpha value is -2.29. The Kier molecular flexibility index (Phi) is 5.08. The molecule has 140 valence electrons. The SMILES string of the molecule is CCS(=O)(=O)c1ccc(F)c(C(=O)N2CCC(c3nc(C)no3)CC2)c1. The van der Waals surface area contributed by atoms with E-state index in [2.05, 4.69) is 10.1 Å². The molecular weight excluding hydrogens is 361 g/mol. The second kappa shape index (κ2) is 7.14. The smallest absolute Gasteiger partial charge is 0.256 e. The van der Waals surface area contributed by atoms with Crippen LogP contribution in [0.25, 0.3) is 0 Å². The number of carbonyl (C=O) groups excluding carboxylic acids is 1. The number of carbonyl (C=O) groups is 1. The van der Waals surface area contributed by atoms with Crippen molar-refractivity contribution in [3.8, 4) is 0 Å². The first-order chi connectivity index (χ1) is 12.3. The van der Waals surface area contributed by atoms with Gasteiger partial charge in [0, 0.05) is 19.0 Å². The largest absolute Gasteiger partial charge is 0.339 e. The number of rotatable bonds is 4. The van der Waals surface area contributed by atoms with E-state index in [0.717, 1.165) is 12.1 Å². The average molecular weight is 381 g/mol. The van der Waals surface area contributed by atoms with Gasteiger partial charge < -0.3 is 9.42 Å². The van der Waals surface area contributed by atoms with Crippen LogP contribution in [-0.2, 0) is 9.84 Å². The number of nitrogens with zero attached hydrogens (tertiary/aromatic N) is 3. The standard InChI is InChI=1S/C17H20FN3O4S/c1-3-26(23,24)13-4-5-15(18)14(10-13)17(22)21-8-6-12(7-9-21)16-19-11(2)20-25-16/h4-5,10,12H,3,6-9H2,1-2H3. The van der Waals surface area contributed by atoms with Crippen molar-refractivity contribution in [1.82, 2.24) is 15.0 Å². The maximum absolute atomic E-state index is 14.1. The molecule has 0 spiro atoms. The van der Waals surface area contributed by atoms with Gasteiger partial charge in [0.1, 0.15) is 5.82 Å². The lowest BCUT2D eigenvalue weighted by Crippen LogP contribution is -2.38.